The molecule has 11 heteroatoms. The zero-order valence-electron chi connectivity index (χ0n) is 12.3. The molecule has 0 aliphatic carbocycles. The summed E-state index contributed by atoms with van der Waals surface area (Å²) >= 11 is 12.7. The largest absolute Gasteiger partial charge is 0.382 e. The van der Waals surface area contributed by atoms with Crippen LogP contribution in [0.1, 0.15) is 5.56 Å². The first-order valence-electron chi connectivity index (χ1n) is 6.64. The molecule has 1 aromatic carbocycles. The Labute approximate surface area is 157 Å². The molecular weight excluding hydrogens is 405 g/mol. The topological polar surface area (TPSA) is 114 Å². The van der Waals surface area contributed by atoms with Crippen molar-refractivity contribution in [2.75, 3.05) is 10.5 Å². The SMILES string of the molecule is N#Cc1cnn(-c2ccccc2NS(=O)(=O)c2cc(Cl)sc2Cl)c1N. The van der Waals surface area contributed by atoms with Gasteiger partial charge in [0.25, 0.3) is 10.0 Å². The number of nitriles is 1. The van der Waals surface area contributed by atoms with E-state index < -0.39 is 10.0 Å². The summed E-state index contributed by atoms with van der Waals surface area (Å²) in [5.74, 6) is 0.103. The van der Waals surface area contributed by atoms with E-state index in [1.54, 1.807) is 24.3 Å². The van der Waals surface area contributed by atoms with E-state index in [1.807, 2.05) is 6.07 Å². The van der Waals surface area contributed by atoms with E-state index in [0.717, 1.165) is 11.3 Å². The van der Waals surface area contributed by atoms with Crippen LogP contribution >= 0.6 is 34.5 Å². The number of nitrogens with zero attached hydrogens (tertiary/aromatic N) is 3. The van der Waals surface area contributed by atoms with Crippen molar-refractivity contribution in [3.8, 4) is 11.8 Å². The molecular formula is C14H9Cl2N5O2S2. The van der Waals surface area contributed by atoms with E-state index in [4.69, 9.17) is 34.2 Å². The summed E-state index contributed by atoms with van der Waals surface area (Å²) in [4.78, 5) is -0.120. The fraction of sp³-hybridized carbons (Fsp3) is 0. The van der Waals surface area contributed by atoms with Crippen LogP contribution in [0.25, 0.3) is 5.69 Å². The van der Waals surface area contributed by atoms with Gasteiger partial charge in [-0.15, -0.1) is 11.3 Å². The molecule has 0 saturated carbocycles. The Morgan fingerprint density at radius 3 is 2.64 bits per heavy atom. The van der Waals surface area contributed by atoms with Gasteiger partial charge in [-0.25, -0.2) is 13.1 Å². The molecule has 0 amide bonds. The van der Waals surface area contributed by atoms with Crippen molar-refractivity contribution in [1.29, 1.82) is 5.26 Å². The van der Waals surface area contributed by atoms with Crippen LogP contribution in [0.5, 0.6) is 0 Å². The molecule has 25 heavy (non-hydrogen) atoms. The van der Waals surface area contributed by atoms with E-state index in [-0.39, 0.29) is 30.6 Å². The van der Waals surface area contributed by atoms with Crippen LogP contribution in [0, 0.1) is 11.3 Å². The van der Waals surface area contributed by atoms with Gasteiger partial charge in [0.1, 0.15) is 26.7 Å². The van der Waals surface area contributed by atoms with Crippen LogP contribution < -0.4 is 10.5 Å². The van der Waals surface area contributed by atoms with Crippen molar-refractivity contribution in [2.24, 2.45) is 0 Å². The number of halogens is 2. The first-order valence-corrected chi connectivity index (χ1v) is 9.69. The van der Waals surface area contributed by atoms with E-state index in [0.29, 0.717) is 5.69 Å². The van der Waals surface area contributed by atoms with Crippen molar-refractivity contribution >= 4 is 56.1 Å². The second kappa shape index (κ2) is 6.57. The van der Waals surface area contributed by atoms with Gasteiger partial charge in [0.05, 0.1) is 21.9 Å². The molecule has 0 aliphatic heterocycles. The van der Waals surface area contributed by atoms with Crippen molar-refractivity contribution in [3.63, 3.8) is 0 Å². The Balaban J connectivity index is 2.06. The summed E-state index contributed by atoms with van der Waals surface area (Å²) in [6.07, 6.45) is 1.30. The maximum absolute atomic E-state index is 12.6. The number of hydrogen-bond donors (Lipinski definition) is 2. The molecule has 128 valence electrons. The third-order valence-corrected chi connectivity index (χ3v) is 6.34. The molecule has 3 aromatic rings. The van der Waals surface area contributed by atoms with E-state index in [9.17, 15) is 8.42 Å². The summed E-state index contributed by atoms with van der Waals surface area (Å²) in [5.41, 5.74) is 6.65. The molecule has 2 heterocycles. The van der Waals surface area contributed by atoms with Crippen molar-refractivity contribution in [2.45, 2.75) is 4.90 Å². The molecule has 7 nitrogen and oxygen atoms in total. The zero-order valence-corrected chi connectivity index (χ0v) is 15.4. The fourth-order valence-electron chi connectivity index (χ4n) is 2.09. The highest BCUT2D eigenvalue weighted by molar-refractivity contribution is 7.93. The van der Waals surface area contributed by atoms with Gasteiger partial charge in [0, 0.05) is 0 Å². The van der Waals surface area contributed by atoms with Crippen molar-refractivity contribution in [1.82, 2.24) is 9.78 Å². The number of rotatable bonds is 4. The Morgan fingerprint density at radius 2 is 2.04 bits per heavy atom. The number of benzene rings is 1. The smallest absolute Gasteiger partial charge is 0.264 e. The predicted molar refractivity (Wildman–Crippen MR) is 97.8 cm³/mol. The van der Waals surface area contributed by atoms with Gasteiger partial charge < -0.3 is 5.73 Å². The van der Waals surface area contributed by atoms with Gasteiger partial charge in [0.2, 0.25) is 0 Å². The highest BCUT2D eigenvalue weighted by atomic mass is 35.5. The highest BCUT2D eigenvalue weighted by Crippen LogP contribution is 2.35. The van der Waals surface area contributed by atoms with Crippen LogP contribution in [0.2, 0.25) is 8.67 Å². The molecule has 0 aliphatic rings. The molecule has 0 spiro atoms. The summed E-state index contributed by atoms with van der Waals surface area (Å²) in [5, 5.41) is 13.0. The number of nitrogens with one attached hydrogen (secondary N) is 1. The molecule has 0 saturated heterocycles. The first-order chi connectivity index (χ1) is 11.8. The Hall–Kier alpha value is -2.25. The predicted octanol–water partition coefficient (Wildman–Crippen LogP) is 3.50. The lowest BCUT2D eigenvalue weighted by molar-refractivity contribution is 0.601. The number of hydrogen-bond acceptors (Lipinski definition) is 6. The first kappa shape index (κ1) is 17.6. The average molecular weight is 414 g/mol. The molecule has 0 bridgehead atoms. The van der Waals surface area contributed by atoms with Gasteiger partial charge in [0.15, 0.2) is 0 Å². The molecule has 0 radical (unpaired) electrons. The molecule has 3 N–H and O–H groups in total. The number of para-hydroxylation sites is 2. The molecule has 3 rings (SSSR count). The van der Waals surface area contributed by atoms with Gasteiger partial charge in [-0.1, -0.05) is 35.3 Å². The zero-order chi connectivity index (χ0) is 18.2. The third-order valence-electron chi connectivity index (χ3n) is 3.22. The summed E-state index contributed by atoms with van der Waals surface area (Å²) in [6.45, 7) is 0. The normalized spacial score (nSPS) is 11.2. The lowest BCUT2D eigenvalue weighted by Gasteiger charge is -2.13. The number of nitrogens with two attached hydrogens (primary N) is 1. The fourth-order valence-corrected chi connectivity index (χ4v) is 5.31. The number of nitrogen functional groups attached to an aromatic ring is 1. The van der Waals surface area contributed by atoms with Gasteiger partial charge in [-0.3, -0.25) is 4.72 Å². The molecule has 0 atom stereocenters. The lowest BCUT2D eigenvalue weighted by Crippen LogP contribution is -2.15. The minimum atomic E-state index is -3.97. The summed E-state index contributed by atoms with van der Waals surface area (Å²) in [6, 6.07) is 9.68. The Kier molecular flexibility index (Phi) is 4.62. The van der Waals surface area contributed by atoms with Gasteiger partial charge in [-0.05, 0) is 18.2 Å². The quantitative estimate of drug-likeness (QED) is 0.678. The standard InChI is InChI=1S/C14H9Cl2N5O2S2/c15-12-5-11(13(16)24-12)25(22,23)20-9-3-1-2-4-10(9)21-14(18)8(6-17)7-19-21/h1-5,7,20H,18H2. The Bertz CT molecular complexity index is 1100. The van der Waals surface area contributed by atoms with E-state index in [1.165, 1.54) is 16.9 Å². The van der Waals surface area contributed by atoms with Crippen molar-refractivity contribution in [3.05, 3.63) is 50.8 Å². The summed E-state index contributed by atoms with van der Waals surface area (Å²) in [7, 11) is -3.97. The molecule has 0 unspecified atom stereocenters. The molecule has 2 aromatic heterocycles. The summed E-state index contributed by atoms with van der Waals surface area (Å²) < 4.78 is 29.2. The maximum atomic E-state index is 12.6. The van der Waals surface area contributed by atoms with E-state index in [2.05, 4.69) is 9.82 Å². The molecule has 0 fully saturated rings. The van der Waals surface area contributed by atoms with Gasteiger partial charge >= 0.3 is 0 Å². The number of sulfonamides is 1. The highest BCUT2D eigenvalue weighted by Gasteiger charge is 2.23. The number of aromatic nitrogens is 2. The van der Waals surface area contributed by atoms with Crippen LogP contribution in [0.15, 0.2) is 41.4 Å². The minimum Gasteiger partial charge on any atom is -0.382 e. The average Bonchev–Trinajstić information content (AvgIpc) is 3.10. The number of anilines is 2. The van der Waals surface area contributed by atoms with Crippen molar-refractivity contribution < 1.29 is 8.42 Å². The lowest BCUT2D eigenvalue weighted by atomic mass is 10.2. The van der Waals surface area contributed by atoms with Crippen LogP contribution in [0.3, 0.4) is 0 Å². The Morgan fingerprint density at radius 1 is 1.32 bits per heavy atom. The number of thiophene rings is 1. The second-order valence-corrected chi connectivity index (χ2v) is 8.71. The minimum absolute atomic E-state index is 0.0559. The van der Waals surface area contributed by atoms with Crippen LogP contribution in [0.4, 0.5) is 11.5 Å². The maximum Gasteiger partial charge on any atom is 0.264 e. The monoisotopic (exact) mass is 413 g/mol. The van der Waals surface area contributed by atoms with Crippen LogP contribution in [-0.2, 0) is 10.0 Å². The van der Waals surface area contributed by atoms with Gasteiger partial charge in [-0.2, -0.15) is 10.4 Å². The second-order valence-electron chi connectivity index (χ2n) is 4.78. The third kappa shape index (κ3) is 3.29. The van der Waals surface area contributed by atoms with Crippen LogP contribution in [-0.4, -0.2) is 18.2 Å². The van der Waals surface area contributed by atoms with E-state index >= 15 is 0 Å².